The van der Waals surface area contributed by atoms with Crippen molar-refractivity contribution in [3.63, 3.8) is 0 Å². The van der Waals surface area contributed by atoms with E-state index in [2.05, 4.69) is 43.0 Å². The molecule has 0 aromatic rings. The van der Waals surface area contributed by atoms with Crippen molar-refractivity contribution in [2.24, 2.45) is 0 Å². The minimum atomic E-state index is 0.689. The van der Waals surface area contributed by atoms with Crippen LogP contribution in [0.15, 0.2) is 0 Å². The zero-order valence-corrected chi connectivity index (χ0v) is 12.0. The summed E-state index contributed by atoms with van der Waals surface area (Å²) in [5.41, 5.74) is 0. The standard InChI is InChI=1S/C13H28N2S/c1-4-5-6-7-8-12(14-2)13-11-16-10-9-15(13)3/h12-14H,4-11H2,1-3H3. The minimum Gasteiger partial charge on any atom is -0.315 e. The predicted octanol–water partition coefficient (Wildman–Crippen LogP) is 2.59. The normalized spacial score (nSPS) is 24.6. The maximum absolute atomic E-state index is 3.52. The highest BCUT2D eigenvalue weighted by Crippen LogP contribution is 2.20. The molecule has 96 valence electrons. The number of rotatable bonds is 7. The number of likely N-dealkylation sites (N-methyl/N-ethyl adjacent to an activating group) is 2. The molecule has 1 aliphatic heterocycles. The molecular formula is C13H28N2S. The lowest BCUT2D eigenvalue weighted by Crippen LogP contribution is -2.51. The summed E-state index contributed by atoms with van der Waals surface area (Å²) < 4.78 is 0. The molecule has 1 heterocycles. The number of nitrogens with zero attached hydrogens (tertiary/aromatic N) is 1. The van der Waals surface area contributed by atoms with Gasteiger partial charge in [-0.3, -0.25) is 0 Å². The van der Waals surface area contributed by atoms with Crippen LogP contribution >= 0.6 is 11.8 Å². The van der Waals surface area contributed by atoms with Crippen molar-refractivity contribution in [3.8, 4) is 0 Å². The van der Waals surface area contributed by atoms with Gasteiger partial charge in [-0.15, -0.1) is 0 Å². The molecule has 0 radical (unpaired) electrons. The van der Waals surface area contributed by atoms with Gasteiger partial charge < -0.3 is 10.2 Å². The second kappa shape index (κ2) is 8.37. The largest absolute Gasteiger partial charge is 0.315 e. The molecule has 1 rings (SSSR count). The zero-order valence-electron chi connectivity index (χ0n) is 11.2. The van der Waals surface area contributed by atoms with Gasteiger partial charge in [0.15, 0.2) is 0 Å². The van der Waals surface area contributed by atoms with Crippen molar-refractivity contribution in [1.82, 2.24) is 10.2 Å². The number of hydrogen-bond donors (Lipinski definition) is 1. The topological polar surface area (TPSA) is 15.3 Å². The number of unbranched alkanes of at least 4 members (excludes halogenated alkanes) is 3. The Bertz CT molecular complexity index is 175. The zero-order chi connectivity index (χ0) is 11.8. The van der Waals surface area contributed by atoms with Gasteiger partial charge in [-0.1, -0.05) is 32.6 Å². The summed E-state index contributed by atoms with van der Waals surface area (Å²) in [5.74, 6) is 2.61. The Labute approximate surface area is 106 Å². The third kappa shape index (κ3) is 4.64. The maximum atomic E-state index is 3.52. The average Bonchev–Trinajstić information content (AvgIpc) is 2.31. The average molecular weight is 244 g/mol. The molecule has 1 N–H and O–H groups in total. The fraction of sp³-hybridized carbons (Fsp3) is 1.00. The van der Waals surface area contributed by atoms with E-state index in [1.54, 1.807) is 0 Å². The van der Waals surface area contributed by atoms with E-state index in [-0.39, 0.29) is 0 Å². The first kappa shape index (κ1) is 14.3. The van der Waals surface area contributed by atoms with Crippen LogP contribution in [0, 0.1) is 0 Å². The second-order valence-electron chi connectivity index (χ2n) is 4.87. The van der Waals surface area contributed by atoms with E-state index in [1.165, 1.54) is 50.2 Å². The Morgan fingerprint density at radius 3 is 2.81 bits per heavy atom. The summed E-state index contributed by atoms with van der Waals surface area (Å²) in [6, 6.07) is 1.43. The van der Waals surface area contributed by atoms with Crippen LogP contribution in [0.1, 0.15) is 39.0 Å². The minimum absolute atomic E-state index is 0.689. The molecule has 1 fully saturated rings. The highest BCUT2D eigenvalue weighted by molar-refractivity contribution is 7.99. The predicted molar refractivity (Wildman–Crippen MR) is 75.3 cm³/mol. The third-order valence-corrected chi connectivity index (χ3v) is 4.70. The summed E-state index contributed by atoms with van der Waals surface area (Å²) in [6.45, 7) is 3.53. The molecule has 2 unspecified atom stereocenters. The van der Waals surface area contributed by atoms with Crippen LogP contribution in [0.5, 0.6) is 0 Å². The van der Waals surface area contributed by atoms with E-state index in [0.29, 0.717) is 6.04 Å². The Balaban J connectivity index is 2.28. The van der Waals surface area contributed by atoms with E-state index in [9.17, 15) is 0 Å². The van der Waals surface area contributed by atoms with E-state index in [4.69, 9.17) is 0 Å². The summed E-state index contributed by atoms with van der Waals surface area (Å²) in [5, 5.41) is 3.52. The van der Waals surface area contributed by atoms with Crippen LogP contribution in [0.2, 0.25) is 0 Å². The van der Waals surface area contributed by atoms with Crippen LogP contribution in [0.25, 0.3) is 0 Å². The van der Waals surface area contributed by atoms with Gasteiger partial charge >= 0.3 is 0 Å². The summed E-state index contributed by atoms with van der Waals surface area (Å²) in [4.78, 5) is 2.54. The Hall–Kier alpha value is 0.270. The quantitative estimate of drug-likeness (QED) is 0.693. The molecule has 1 aliphatic rings. The Kier molecular flexibility index (Phi) is 7.50. The van der Waals surface area contributed by atoms with Crippen molar-refractivity contribution in [3.05, 3.63) is 0 Å². The molecule has 1 saturated heterocycles. The molecule has 0 aliphatic carbocycles. The Morgan fingerprint density at radius 2 is 2.19 bits per heavy atom. The van der Waals surface area contributed by atoms with Gasteiger partial charge in [-0.05, 0) is 20.5 Å². The van der Waals surface area contributed by atoms with Crippen molar-refractivity contribution in [1.29, 1.82) is 0 Å². The number of hydrogen-bond acceptors (Lipinski definition) is 3. The van der Waals surface area contributed by atoms with Crippen LogP contribution < -0.4 is 5.32 Å². The molecular weight excluding hydrogens is 216 g/mol. The lowest BCUT2D eigenvalue weighted by Gasteiger charge is -2.37. The van der Waals surface area contributed by atoms with Crippen LogP contribution in [0.4, 0.5) is 0 Å². The van der Waals surface area contributed by atoms with Gasteiger partial charge in [0.2, 0.25) is 0 Å². The van der Waals surface area contributed by atoms with E-state index >= 15 is 0 Å². The van der Waals surface area contributed by atoms with Crippen molar-refractivity contribution >= 4 is 11.8 Å². The summed E-state index contributed by atoms with van der Waals surface area (Å²) in [6.07, 6.45) is 6.85. The highest BCUT2D eigenvalue weighted by Gasteiger charge is 2.26. The highest BCUT2D eigenvalue weighted by atomic mass is 32.2. The summed E-state index contributed by atoms with van der Waals surface area (Å²) in [7, 11) is 4.40. The van der Waals surface area contributed by atoms with E-state index in [0.717, 1.165) is 6.04 Å². The van der Waals surface area contributed by atoms with Crippen molar-refractivity contribution in [2.45, 2.75) is 51.1 Å². The van der Waals surface area contributed by atoms with Crippen molar-refractivity contribution in [2.75, 3.05) is 32.1 Å². The van der Waals surface area contributed by atoms with E-state index in [1.807, 2.05) is 0 Å². The van der Waals surface area contributed by atoms with Gasteiger partial charge in [0.1, 0.15) is 0 Å². The van der Waals surface area contributed by atoms with Gasteiger partial charge in [-0.2, -0.15) is 11.8 Å². The fourth-order valence-electron chi connectivity index (χ4n) is 2.45. The number of nitrogens with one attached hydrogen (secondary N) is 1. The first-order valence-corrected chi connectivity index (χ1v) is 7.90. The van der Waals surface area contributed by atoms with Crippen LogP contribution in [-0.2, 0) is 0 Å². The molecule has 0 amide bonds. The van der Waals surface area contributed by atoms with Crippen molar-refractivity contribution < 1.29 is 0 Å². The maximum Gasteiger partial charge on any atom is 0.0337 e. The monoisotopic (exact) mass is 244 g/mol. The summed E-state index contributed by atoms with van der Waals surface area (Å²) >= 11 is 2.11. The molecule has 0 bridgehead atoms. The lowest BCUT2D eigenvalue weighted by atomic mass is 10.0. The molecule has 0 spiro atoms. The fourth-order valence-corrected chi connectivity index (χ4v) is 3.76. The molecule has 3 heteroatoms. The lowest BCUT2D eigenvalue weighted by molar-refractivity contribution is 0.211. The van der Waals surface area contributed by atoms with E-state index < -0.39 is 0 Å². The van der Waals surface area contributed by atoms with Gasteiger partial charge in [0, 0.05) is 30.1 Å². The first-order chi connectivity index (χ1) is 7.79. The first-order valence-electron chi connectivity index (χ1n) is 6.74. The van der Waals surface area contributed by atoms with Crippen LogP contribution in [0.3, 0.4) is 0 Å². The molecule has 0 aromatic heterocycles. The smallest absolute Gasteiger partial charge is 0.0337 e. The molecule has 2 nitrogen and oxygen atoms in total. The third-order valence-electron chi connectivity index (χ3n) is 3.65. The second-order valence-corrected chi connectivity index (χ2v) is 6.02. The van der Waals surface area contributed by atoms with Gasteiger partial charge in [-0.25, -0.2) is 0 Å². The van der Waals surface area contributed by atoms with Gasteiger partial charge in [0.25, 0.3) is 0 Å². The number of thioether (sulfide) groups is 1. The van der Waals surface area contributed by atoms with Crippen LogP contribution in [-0.4, -0.2) is 49.1 Å². The molecule has 16 heavy (non-hydrogen) atoms. The SMILES string of the molecule is CCCCCCC(NC)C1CSCCN1C. The molecule has 2 atom stereocenters. The van der Waals surface area contributed by atoms with Gasteiger partial charge in [0.05, 0.1) is 0 Å². The molecule has 0 saturated carbocycles. The Morgan fingerprint density at radius 1 is 1.38 bits per heavy atom. The molecule has 0 aromatic carbocycles.